The lowest BCUT2D eigenvalue weighted by Crippen LogP contribution is -2.43. The van der Waals surface area contributed by atoms with Gasteiger partial charge in [0.2, 0.25) is 5.88 Å². The minimum absolute atomic E-state index is 0.0488. The third-order valence-corrected chi connectivity index (χ3v) is 5.70. The standard InChI is InChI=1S/C26H32N4O3/c1-3-16-27-26(31)30(18-22-15-10-17-32-22)19-23-24(20-11-6-4-7-12-20)28-29(2)25(23)33-21-13-8-5-9-14-21/h4-9,11-14,22H,3,10,15-19H2,1-2H3,(H,27,31). The number of carbonyl (C=O) groups is 1. The number of rotatable bonds is 9. The summed E-state index contributed by atoms with van der Waals surface area (Å²) in [5.74, 6) is 1.35. The molecule has 1 N–H and O–H groups in total. The van der Waals surface area contributed by atoms with Crippen molar-refractivity contribution in [2.24, 2.45) is 7.05 Å². The van der Waals surface area contributed by atoms with Crippen molar-refractivity contribution in [3.63, 3.8) is 0 Å². The zero-order valence-corrected chi connectivity index (χ0v) is 19.4. The van der Waals surface area contributed by atoms with E-state index in [1.807, 2.05) is 79.5 Å². The van der Waals surface area contributed by atoms with E-state index in [0.717, 1.165) is 48.4 Å². The third kappa shape index (κ3) is 5.73. The van der Waals surface area contributed by atoms with Crippen LogP contribution in [0.5, 0.6) is 11.6 Å². The normalized spacial score (nSPS) is 15.4. The summed E-state index contributed by atoms with van der Waals surface area (Å²) in [6, 6.07) is 19.6. The van der Waals surface area contributed by atoms with Gasteiger partial charge in [0.15, 0.2) is 0 Å². The van der Waals surface area contributed by atoms with Crippen molar-refractivity contribution in [1.29, 1.82) is 0 Å². The van der Waals surface area contributed by atoms with Crippen LogP contribution in [0.25, 0.3) is 11.3 Å². The van der Waals surface area contributed by atoms with Gasteiger partial charge in [-0.1, -0.05) is 55.5 Å². The number of benzene rings is 2. The van der Waals surface area contributed by atoms with Gasteiger partial charge in [-0.15, -0.1) is 0 Å². The van der Waals surface area contributed by atoms with E-state index in [0.29, 0.717) is 25.5 Å². The molecular weight excluding hydrogens is 416 g/mol. The van der Waals surface area contributed by atoms with E-state index >= 15 is 0 Å². The molecule has 0 spiro atoms. The summed E-state index contributed by atoms with van der Waals surface area (Å²) in [5.41, 5.74) is 2.67. The predicted molar refractivity (Wildman–Crippen MR) is 128 cm³/mol. The summed E-state index contributed by atoms with van der Waals surface area (Å²) in [4.78, 5) is 14.9. The quantitative estimate of drug-likeness (QED) is 0.501. The van der Waals surface area contributed by atoms with Gasteiger partial charge < -0.3 is 19.7 Å². The summed E-state index contributed by atoms with van der Waals surface area (Å²) in [6.07, 6.45) is 2.92. The molecule has 1 saturated heterocycles. The molecular formula is C26H32N4O3. The fraction of sp³-hybridized carbons (Fsp3) is 0.385. The summed E-state index contributed by atoms with van der Waals surface area (Å²) < 4.78 is 13.9. The molecule has 4 rings (SSSR count). The van der Waals surface area contributed by atoms with Gasteiger partial charge in [-0.05, 0) is 31.4 Å². The molecule has 1 aliphatic heterocycles. The van der Waals surface area contributed by atoms with Crippen LogP contribution in [0.2, 0.25) is 0 Å². The maximum atomic E-state index is 13.1. The zero-order chi connectivity index (χ0) is 23.0. The smallest absolute Gasteiger partial charge is 0.317 e. The van der Waals surface area contributed by atoms with Crippen LogP contribution < -0.4 is 10.1 Å². The van der Waals surface area contributed by atoms with Gasteiger partial charge >= 0.3 is 6.03 Å². The van der Waals surface area contributed by atoms with Gasteiger partial charge in [-0.25, -0.2) is 9.48 Å². The average Bonchev–Trinajstić information content (AvgIpc) is 3.47. The lowest BCUT2D eigenvalue weighted by atomic mass is 10.1. The number of amides is 2. The highest BCUT2D eigenvalue weighted by Gasteiger charge is 2.27. The van der Waals surface area contributed by atoms with Crippen LogP contribution in [0.4, 0.5) is 4.79 Å². The fourth-order valence-corrected chi connectivity index (χ4v) is 4.04. The van der Waals surface area contributed by atoms with Crippen molar-refractivity contribution >= 4 is 6.03 Å². The number of aryl methyl sites for hydroxylation is 1. The van der Waals surface area contributed by atoms with Crippen LogP contribution in [-0.4, -0.2) is 46.5 Å². The first-order chi connectivity index (χ1) is 16.2. The van der Waals surface area contributed by atoms with Crippen LogP contribution in [-0.2, 0) is 18.3 Å². The van der Waals surface area contributed by atoms with E-state index in [1.165, 1.54) is 0 Å². The highest BCUT2D eigenvalue weighted by atomic mass is 16.5. The van der Waals surface area contributed by atoms with Gasteiger partial charge in [0, 0.05) is 32.3 Å². The van der Waals surface area contributed by atoms with E-state index in [9.17, 15) is 4.79 Å². The molecule has 0 bridgehead atoms. The summed E-state index contributed by atoms with van der Waals surface area (Å²) >= 11 is 0. The van der Waals surface area contributed by atoms with Crippen molar-refractivity contribution in [1.82, 2.24) is 20.0 Å². The van der Waals surface area contributed by atoms with Gasteiger partial charge in [0.05, 0.1) is 18.2 Å². The zero-order valence-electron chi connectivity index (χ0n) is 19.4. The second-order valence-electron chi connectivity index (χ2n) is 8.28. The number of carbonyl (C=O) groups excluding carboxylic acids is 1. The van der Waals surface area contributed by atoms with E-state index < -0.39 is 0 Å². The number of hydrogen-bond donors (Lipinski definition) is 1. The van der Waals surface area contributed by atoms with E-state index in [2.05, 4.69) is 5.32 Å². The van der Waals surface area contributed by atoms with Crippen molar-refractivity contribution in [2.45, 2.75) is 38.8 Å². The Morgan fingerprint density at radius 2 is 1.91 bits per heavy atom. The third-order valence-electron chi connectivity index (χ3n) is 5.70. The van der Waals surface area contributed by atoms with Crippen LogP contribution in [0, 0.1) is 0 Å². The Labute approximate surface area is 195 Å². The largest absolute Gasteiger partial charge is 0.439 e. The highest BCUT2D eigenvalue weighted by molar-refractivity contribution is 5.75. The monoisotopic (exact) mass is 448 g/mol. The maximum absolute atomic E-state index is 13.1. The van der Waals surface area contributed by atoms with Gasteiger partial charge in [0.25, 0.3) is 0 Å². The molecule has 0 saturated carbocycles. The van der Waals surface area contributed by atoms with E-state index in [-0.39, 0.29) is 12.1 Å². The van der Waals surface area contributed by atoms with E-state index in [1.54, 1.807) is 4.68 Å². The van der Waals surface area contributed by atoms with Crippen molar-refractivity contribution in [2.75, 3.05) is 19.7 Å². The summed E-state index contributed by atoms with van der Waals surface area (Å²) in [7, 11) is 1.87. The molecule has 174 valence electrons. The lowest BCUT2D eigenvalue weighted by molar-refractivity contribution is 0.0793. The number of hydrogen-bond acceptors (Lipinski definition) is 4. The van der Waals surface area contributed by atoms with Crippen molar-refractivity contribution in [3.8, 4) is 22.9 Å². The number of para-hydroxylation sites is 1. The first-order valence-corrected chi connectivity index (χ1v) is 11.6. The summed E-state index contributed by atoms with van der Waals surface area (Å²) in [5, 5.41) is 7.81. The minimum Gasteiger partial charge on any atom is -0.439 e. The van der Waals surface area contributed by atoms with Gasteiger partial charge in [0.1, 0.15) is 11.4 Å². The molecule has 1 fully saturated rings. The van der Waals surface area contributed by atoms with Crippen LogP contribution >= 0.6 is 0 Å². The Hall–Kier alpha value is -3.32. The summed E-state index contributed by atoms with van der Waals surface area (Å²) in [6.45, 7) is 4.33. The minimum atomic E-state index is -0.0964. The molecule has 0 aliphatic carbocycles. The lowest BCUT2D eigenvalue weighted by Gasteiger charge is -2.26. The van der Waals surface area contributed by atoms with Crippen LogP contribution in [0.3, 0.4) is 0 Å². The first kappa shape index (κ1) is 22.9. The molecule has 1 aromatic heterocycles. The molecule has 1 unspecified atom stereocenters. The molecule has 7 nitrogen and oxygen atoms in total. The highest BCUT2D eigenvalue weighted by Crippen LogP contribution is 2.34. The average molecular weight is 449 g/mol. The topological polar surface area (TPSA) is 68.6 Å². The molecule has 2 heterocycles. The second-order valence-corrected chi connectivity index (χ2v) is 8.28. The number of nitrogens with one attached hydrogen (secondary N) is 1. The van der Waals surface area contributed by atoms with Crippen molar-refractivity contribution < 1.29 is 14.3 Å². The molecule has 0 radical (unpaired) electrons. The van der Waals surface area contributed by atoms with Crippen LogP contribution in [0.1, 0.15) is 31.7 Å². The molecule has 1 aliphatic rings. The number of urea groups is 1. The van der Waals surface area contributed by atoms with Crippen molar-refractivity contribution in [3.05, 3.63) is 66.2 Å². The molecule has 2 aromatic carbocycles. The SMILES string of the molecule is CCCNC(=O)N(Cc1c(-c2ccccc2)nn(C)c1Oc1ccccc1)CC1CCCO1. The Bertz CT molecular complexity index is 1030. The number of nitrogens with zero attached hydrogens (tertiary/aromatic N) is 3. The molecule has 33 heavy (non-hydrogen) atoms. The molecule has 7 heteroatoms. The van der Waals surface area contributed by atoms with E-state index in [4.69, 9.17) is 14.6 Å². The molecule has 3 aromatic rings. The second kappa shape index (κ2) is 11.0. The molecule has 2 amide bonds. The number of aromatic nitrogens is 2. The molecule has 1 atom stereocenters. The Morgan fingerprint density at radius 1 is 1.18 bits per heavy atom. The number of ether oxygens (including phenoxy) is 2. The fourth-order valence-electron chi connectivity index (χ4n) is 4.04. The Morgan fingerprint density at radius 3 is 2.58 bits per heavy atom. The maximum Gasteiger partial charge on any atom is 0.317 e. The van der Waals surface area contributed by atoms with Crippen LogP contribution in [0.15, 0.2) is 60.7 Å². The van der Waals surface area contributed by atoms with Gasteiger partial charge in [-0.3, -0.25) is 0 Å². The van der Waals surface area contributed by atoms with Gasteiger partial charge in [-0.2, -0.15) is 5.10 Å². The Kier molecular flexibility index (Phi) is 7.62. The predicted octanol–water partition coefficient (Wildman–Crippen LogP) is 4.98. The Balaban J connectivity index is 1.70. The first-order valence-electron chi connectivity index (χ1n) is 11.6.